The molecule has 2 N–H and O–H groups in total. The van der Waals surface area contributed by atoms with Gasteiger partial charge in [0.1, 0.15) is 0 Å². The third-order valence-corrected chi connectivity index (χ3v) is 5.71. The van der Waals surface area contributed by atoms with Gasteiger partial charge in [-0.05, 0) is 52.6 Å². The van der Waals surface area contributed by atoms with Crippen LogP contribution in [0.4, 0.5) is 0 Å². The van der Waals surface area contributed by atoms with E-state index in [1.807, 2.05) is 0 Å². The van der Waals surface area contributed by atoms with E-state index in [9.17, 15) is 0 Å². The largest absolute Gasteiger partial charge is 0.380 e. The van der Waals surface area contributed by atoms with E-state index in [1.54, 1.807) is 7.11 Å². The maximum absolute atomic E-state index is 6.08. The van der Waals surface area contributed by atoms with E-state index in [2.05, 4.69) is 30.7 Å². The first-order valence-corrected chi connectivity index (χ1v) is 7.71. The number of piperidine rings is 2. The lowest BCUT2D eigenvalue weighted by Crippen LogP contribution is -2.64. The van der Waals surface area contributed by atoms with Gasteiger partial charge in [0.05, 0.1) is 11.6 Å². The fraction of sp³-hybridized carbons (Fsp3) is 1.00. The predicted octanol–water partition coefficient (Wildman–Crippen LogP) is 1.15. The van der Waals surface area contributed by atoms with Gasteiger partial charge in [-0.1, -0.05) is 0 Å². The standard InChI is InChI=1S/C15H31N3O/c1-12(19-4)15(2,11-16)18-9-7-14-13(10-18)6-5-8-17(14)3/h12-14H,5-11,16H2,1-4H3. The van der Waals surface area contributed by atoms with Crippen molar-refractivity contribution >= 4 is 0 Å². The summed E-state index contributed by atoms with van der Waals surface area (Å²) in [4.78, 5) is 5.15. The normalized spacial score (nSPS) is 34.6. The monoisotopic (exact) mass is 269 g/mol. The Kier molecular flexibility index (Phi) is 4.88. The van der Waals surface area contributed by atoms with Gasteiger partial charge in [-0.2, -0.15) is 0 Å². The fourth-order valence-electron chi connectivity index (χ4n) is 3.92. The quantitative estimate of drug-likeness (QED) is 0.831. The molecule has 2 fully saturated rings. The molecule has 0 saturated carbocycles. The number of methoxy groups -OCH3 is 1. The number of hydrogen-bond donors (Lipinski definition) is 1. The van der Waals surface area contributed by atoms with Crippen molar-refractivity contribution in [1.29, 1.82) is 0 Å². The van der Waals surface area contributed by atoms with Crippen molar-refractivity contribution in [3.05, 3.63) is 0 Å². The van der Waals surface area contributed by atoms with Crippen molar-refractivity contribution < 1.29 is 4.74 Å². The highest BCUT2D eigenvalue weighted by molar-refractivity contribution is 4.99. The molecular formula is C15H31N3O. The molecule has 4 unspecified atom stereocenters. The molecule has 112 valence electrons. The molecule has 2 saturated heterocycles. The molecule has 4 nitrogen and oxygen atoms in total. The van der Waals surface area contributed by atoms with Crippen molar-refractivity contribution in [3.8, 4) is 0 Å². The minimum atomic E-state index is -0.0320. The third-order valence-electron chi connectivity index (χ3n) is 5.71. The smallest absolute Gasteiger partial charge is 0.0736 e. The molecule has 0 amide bonds. The Morgan fingerprint density at radius 2 is 2.11 bits per heavy atom. The van der Waals surface area contributed by atoms with Crippen molar-refractivity contribution in [2.24, 2.45) is 11.7 Å². The van der Waals surface area contributed by atoms with Gasteiger partial charge in [-0.3, -0.25) is 4.90 Å². The van der Waals surface area contributed by atoms with E-state index in [0.717, 1.165) is 18.5 Å². The van der Waals surface area contributed by atoms with Crippen LogP contribution in [0.1, 0.15) is 33.1 Å². The van der Waals surface area contributed by atoms with E-state index < -0.39 is 0 Å². The number of ether oxygens (including phenoxy) is 1. The number of hydrogen-bond acceptors (Lipinski definition) is 4. The Hall–Kier alpha value is -0.160. The van der Waals surface area contributed by atoms with Crippen molar-refractivity contribution in [2.45, 2.75) is 50.8 Å². The fourth-order valence-corrected chi connectivity index (χ4v) is 3.92. The minimum absolute atomic E-state index is 0.0320. The Morgan fingerprint density at radius 1 is 1.37 bits per heavy atom. The van der Waals surface area contributed by atoms with Crippen LogP contribution in [0.15, 0.2) is 0 Å². The summed E-state index contributed by atoms with van der Waals surface area (Å²) in [6.07, 6.45) is 4.15. The summed E-state index contributed by atoms with van der Waals surface area (Å²) in [5, 5.41) is 0. The average molecular weight is 269 g/mol. The van der Waals surface area contributed by atoms with Gasteiger partial charge >= 0.3 is 0 Å². The molecule has 2 rings (SSSR count). The van der Waals surface area contributed by atoms with E-state index in [0.29, 0.717) is 6.54 Å². The highest BCUT2D eigenvalue weighted by Crippen LogP contribution is 2.33. The Balaban J connectivity index is 2.07. The van der Waals surface area contributed by atoms with Crippen molar-refractivity contribution in [1.82, 2.24) is 9.80 Å². The number of rotatable bonds is 4. The summed E-state index contributed by atoms with van der Waals surface area (Å²) in [6.45, 7) is 8.66. The zero-order valence-corrected chi connectivity index (χ0v) is 13.1. The number of fused-ring (bicyclic) bond motifs is 1. The van der Waals surface area contributed by atoms with Gasteiger partial charge in [0.2, 0.25) is 0 Å². The van der Waals surface area contributed by atoms with E-state index in [1.165, 1.54) is 32.4 Å². The summed E-state index contributed by atoms with van der Waals surface area (Å²) in [5.74, 6) is 0.808. The van der Waals surface area contributed by atoms with E-state index in [-0.39, 0.29) is 11.6 Å². The molecule has 0 aromatic carbocycles. The number of likely N-dealkylation sites (tertiary alicyclic amines) is 2. The van der Waals surface area contributed by atoms with Crippen LogP contribution in [0.3, 0.4) is 0 Å². The lowest BCUT2D eigenvalue weighted by molar-refractivity contribution is -0.0689. The first-order chi connectivity index (χ1) is 9.02. The molecule has 4 heteroatoms. The molecule has 2 heterocycles. The molecule has 0 aromatic rings. The molecule has 0 aliphatic carbocycles. The maximum atomic E-state index is 6.08. The molecule has 0 aromatic heterocycles. The van der Waals surface area contributed by atoms with Crippen LogP contribution >= 0.6 is 0 Å². The third kappa shape index (κ3) is 2.82. The highest BCUT2D eigenvalue weighted by atomic mass is 16.5. The van der Waals surface area contributed by atoms with Crippen LogP contribution < -0.4 is 5.73 Å². The zero-order chi connectivity index (χ0) is 14.0. The molecule has 0 radical (unpaired) electrons. The summed E-state index contributed by atoms with van der Waals surface area (Å²) in [5.41, 5.74) is 6.05. The van der Waals surface area contributed by atoms with Gasteiger partial charge in [0.25, 0.3) is 0 Å². The van der Waals surface area contributed by atoms with E-state index in [4.69, 9.17) is 10.5 Å². The van der Waals surface area contributed by atoms with E-state index >= 15 is 0 Å². The molecule has 2 aliphatic heterocycles. The predicted molar refractivity (Wildman–Crippen MR) is 79.3 cm³/mol. The summed E-state index contributed by atoms with van der Waals surface area (Å²) >= 11 is 0. The molecule has 4 atom stereocenters. The molecule has 2 aliphatic rings. The van der Waals surface area contributed by atoms with Crippen LogP contribution in [0.2, 0.25) is 0 Å². The van der Waals surface area contributed by atoms with Crippen LogP contribution in [0.5, 0.6) is 0 Å². The number of nitrogens with zero attached hydrogens (tertiary/aromatic N) is 2. The summed E-state index contributed by atoms with van der Waals surface area (Å²) < 4.78 is 5.58. The Bertz CT molecular complexity index is 299. The molecule has 19 heavy (non-hydrogen) atoms. The first kappa shape index (κ1) is 15.2. The van der Waals surface area contributed by atoms with Gasteiger partial charge in [0, 0.05) is 32.8 Å². The van der Waals surface area contributed by atoms with Crippen molar-refractivity contribution in [2.75, 3.05) is 40.3 Å². The topological polar surface area (TPSA) is 41.7 Å². The summed E-state index contributed by atoms with van der Waals surface area (Å²) in [7, 11) is 4.08. The van der Waals surface area contributed by atoms with Crippen LogP contribution in [0, 0.1) is 5.92 Å². The van der Waals surface area contributed by atoms with Gasteiger partial charge in [0.15, 0.2) is 0 Å². The zero-order valence-electron chi connectivity index (χ0n) is 13.1. The highest BCUT2D eigenvalue weighted by Gasteiger charge is 2.42. The van der Waals surface area contributed by atoms with Gasteiger partial charge < -0.3 is 15.4 Å². The van der Waals surface area contributed by atoms with Gasteiger partial charge in [-0.25, -0.2) is 0 Å². The first-order valence-electron chi connectivity index (χ1n) is 7.71. The van der Waals surface area contributed by atoms with Crippen LogP contribution in [0.25, 0.3) is 0 Å². The second kappa shape index (κ2) is 6.08. The minimum Gasteiger partial charge on any atom is -0.380 e. The lowest BCUT2D eigenvalue weighted by Gasteiger charge is -2.52. The van der Waals surface area contributed by atoms with Crippen molar-refractivity contribution in [3.63, 3.8) is 0 Å². The molecular weight excluding hydrogens is 238 g/mol. The summed E-state index contributed by atoms with van der Waals surface area (Å²) in [6, 6.07) is 0.782. The lowest BCUT2D eigenvalue weighted by atomic mass is 9.81. The second-order valence-corrected chi connectivity index (χ2v) is 6.62. The maximum Gasteiger partial charge on any atom is 0.0736 e. The van der Waals surface area contributed by atoms with Crippen LogP contribution in [-0.2, 0) is 4.74 Å². The molecule has 0 bridgehead atoms. The van der Waals surface area contributed by atoms with Gasteiger partial charge in [-0.15, -0.1) is 0 Å². The van der Waals surface area contributed by atoms with Crippen LogP contribution in [-0.4, -0.2) is 67.8 Å². The second-order valence-electron chi connectivity index (χ2n) is 6.62. The Labute approximate surface area is 118 Å². The number of nitrogens with two attached hydrogens (primary N) is 1. The SMILES string of the molecule is COC(C)C(C)(CN)N1CCC2C(CCCN2C)C1. The Morgan fingerprint density at radius 3 is 2.74 bits per heavy atom. The molecule has 0 spiro atoms. The average Bonchev–Trinajstić information content (AvgIpc) is 2.45.